The van der Waals surface area contributed by atoms with Crippen molar-refractivity contribution in [1.29, 1.82) is 0 Å². The van der Waals surface area contributed by atoms with Crippen LogP contribution in [-0.4, -0.2) is 15.6 Å². The van der Waals surface area contributed by atoms with E-state index in [9.17, 15) is 9.59 Å². The summed E-state index contributed by atoms with van der Waals surface area (Å²) in [6.45, 7) is 1.36. The lowest BCUT2D eigenvalue weighted by Crippen LogP contribution is -2.09. The maximum absolute atomic E-state index is 11.0. The van der Waals surface area contributed by atoms with E-state index in [0.717, 1.165) is 0 Å². The Kier molecular flexibility index (Phi) is 1.99. The highest BCUT2D eigenvalue weighted by atomic mass is 79.9. The molecule has 11 heavy (non-hydrogen) atoms. The van der Waals surface area contributed by atoms with Gasteiger partial charge in [-0.2, -0.15) is 0 Å². The Morgan fingerprint density at radius 1 is 1.64 bits per heavy atom. The molecule has 4 nitrogen and oxygen atoms in total. The Balaban J connectivity index is 3.46. The molecule has 0 atom stereocenters. The first-order chi connectivity index (χ1) is 5.04. The van der Waals surface area contributed by atoms with E-state index in [4.69, 9.17) is 0 Å². The summed E-state index contributed by atoms with van der Waals surface area (Å²) < 4.78 is 1.95. The minimum Gasteiger partial charge on any atom is -0.294 e. The molecule has 1 aromatic rings. The summed E-state index contributed by atoms with van der Waals surface area (Å²) in [6.07, 6.45) is 0. The number of aromatic nitrogens is 2. The molecule has 1 N–H and O–H groups in total. The average Bonchev–Trinajstić information content (AvgIpc) is 2.07. The topological polar surface area (TPSA) is 54.9 Å². The van der Waals surface area contributed by atoms with Gasteiger partial charge in [-0.05, 0) is 22.9 Å². The van der Waals surface area contributed by atoms with Crippen LogP contribution in [0.3, 0.4) is 0 Å². The number of Topliss-reactive ketones (excluding diaryl/α,β-unsaturated/α-hetero) is 1. The summed E-state index contributed by atoms with van der Waals surface area (Å²) in [4.78, 5) is 21.8. The second kappa shape index (κ2) is 2.65. The molecular weight excluding hydrogens is 212 g/mol. The molecule has 0 aromatic carbocycles. The van der Waals surface area contributed by atoms with Crippen LogP contribution in [-0.2, 0) is 7.05 Å². The molecule has 0 amide bonds. The zero-order valence-electron chi connectivity index (χ0n) is 6.14. The van der Waals surface area contributed by atoms with E-state index in [1.165, 1.54) is 11.6 Å². The molecule has 1 aromatic heterocycles. The van der Waals surface area contributed by atoms with Gasteiger partial charge in [0.05, 0.1) is 0 Å². The number of halogens is 1. The number of H-pyrrole nitrogens is 1. The second-order valence-electron chi connectivity index (χ2n) is 2.22. The first kappa shape index (κ1) is 8.26. The van der Waals surface area contributed by atoms with Gasteiger partial charge in [0.25, 0.3) is 5.56 Å². The third-order valence-corrected chi connectivity index (χ3v) is 2.28. The van der Waals surface area contributed by atoms with Crippen LogP contribution >= 0.6 is 15.9 Å². The SMILES string of the molecule is CC(=O)c1c(Br)n(C)[nH]c1=O. The lowest BCUT2D eigenvalue weighted by molar-refractivity contribution is 0.101. The zero-order valence-corrected chi connectivity index (χ0v) is 7.73. The highest BCUT2D eigenvalue weighted by molar-refractivity contribution is 9.10. The third kappa shape index (κ3) is 1.28. The average molecular weight is 219 g/mol. The molecule has 1 heterocycles. The van der Waals surface area contributed by atoms with Crippen LogP contribution in [0.5, 0.6) is 0 Å². The summed E-state index contributed by atoms with van der Waals surface area (Å²) in [6, 6.07) is 0. The largest absolute Gasteiger partial charge is 0.294 e. The zero-order chi connectivity index (χ0) is 8.59. The van der Waals surface area contributed by atoms with E-state index in [1.54, 1.807) is 7.05 Å². The molecule has 0 aliphatic rings. The van der Waals surface area contributed by atoms with Crippen molar-refractivity contribution < 1.29 is 4.79 Å². The molecule has 0 saturated heterocycles. The van der Waals surface area contributed by atoms with Crippen LogP contribution < -0.4 is 5.56 Å². The van der Waals surface area contributed by atoms with E-state index in [2.05, 4.69) is 21.0 Å². The quantitative estimate of drug-likeness (QED) is 0.706. The van der Waals surface area contributed by atoms with Crippen LogP contribution in [0.2, 0.25) is 0 Å². The van der Waals surface area contributed by atoms with E-state index < -0.39 is 0 Å². The number of nitrogens with zero attached hydrogens (tertiary/aromatic N) is 1. The summed E-state index contributed by atoms with van der Waals surface area (Å²) in [7, 11) is 1.65. The minimum absolute atomic E-state index is 0.174. The van der Waals surface area contributed by atoms with Gasteiger partial charge in [-0.15, -0.1) is 0 Å². The first-order valence-electron chi connectivity index (χ1n) is 2.99. The van der Waals surface area contributed by atoms with E-state index in [0.29, 0.717) is 4.60 Å². The molecule has 0 aliphatic carbocycles. The summed E-state index contributed by atoms with van der Waals surface area (Å²) in [5, 5.41) is 2.45. The molecule has 1 rings (SSSR count). The first-order valence-corrected chi connectivity index (χ1v) is 3.78. The highest BCUT2D eigenvalue weighted by Crippen LogP contribution is 2.10. The fourth-order valence-corrected chi connectivity index (χ4v) is 1.37. The lowest BCUT2D eigenvalue weighted by Gasteiger charge is -1.91. The van der Waals surface area contributed by atoms with Crippen LogP contribution in [0.15, 0.2) is 9.40 Å². The predicted octanol–water partition coefficient (Wildman–Crippen LogP) is 0.679. The van der Waals surface area contributed by atoms with Crippen molar-refractivity contribution in [1.82, 2.24) is 9.78 Å². The third-order valence-electron chi connectivity index (χ3n) is 1.35. The fourth-order valence-electron chi connectivity index (χ4n) is 0.824. The number of hydrogen-bond acceptors (Lipinski definition) is 2. The standard InChI is InChI=1S/C6H7BrN2O2/c1-3(10)4-5(7)9(2)8-6(4)11/h1-2H3,(H,8,11). The van der Waals surface area contributed by atoms with Crippen LogP contribution in [0.1, 0.15) is 17.3 Å². The normalized spacial score (nSPS) is 10.1. The number of carbonyl (C=O) groups excluding carboxylic acids is 1. The maximum Gasteiger partial charge on any atom is 0.276 e. The van der Waals surface area contributed by atoms with Gasteiger partial charge < -0.3 is 0 Å². The molecule has 0 aliphatic heterocycles. The highest BCUT2D eigenvalue weighted by Gasteiger charge is 2.13. The van der Waals surface area contributed by atoms with Crippen molar-refractivity contribution in [2.75, 3.05) is 0 Å². The van der Waals surface area contributed by atoms with Gasteiger partial charge in [0.1, 0.15) is 10.2 Å². The lowest BCUT2D eigenvalue weighted by atomic mass is 10.3. The summed E-state index contributed by atoms with van der Waals surface area (Å²) in [5.41, 5.74) is -0.181. The molecule has 0 unspecified atom stereocenters. The molecule has 0 fully saturated rings. The molecule has 0 saturated carbocycles. The van der Waals surface area contributed by atoms with Crippen molar-refractivity contribution in [3.63, 3.8) is 0 Å². The van der Waals surface area contributed by atoms with Gasteiger partial charge in [-0.25, -0.2) is 0 Å². The smallest absolute Gasteiger partial charge is 0.276 e. The Morgan fingerprint density at radius 3 is 2.36 bits per heavy atom. The van der Waals surface area contributed by atoms with Crippen LogP contribution in [0.4, 0.5) is 0 Å². The number of aryl methyl sites for hydroxylation is 1. The van der Waals surface area contributed by atoms with E-state index >= 15 is 0 Å². The summed E-state index contributed by atoms with van der Waals surface area (Å²) >= 11 is 3.11. The van der Waals surface area contributed by atoms with Gasteiger partial charge >= 0.3 is 0 Å². The Morgan fingerprint density at radius 2 is 2.18 bits per heavy atom. The number of nitrogens with one attached hydrogen (secondary N) is 1. The fraction of sp³-hybridized carbons (Fsp3) is 0.333. The predicted molar refractivity (Wildman–Crippen MR) is 43.7 cm³/mol. The summed E-state index contributed by atoms with van der Waals surface area (Å²) in [5.74, 6) is -0.237. The van der Waals surface area contributed by atoms with Crippen molar-refractivity contribution >= 4 is 21.7 Å². The van der Waals surface area contributed by atoms with Crippen molar-refractivity contribution in [2.24, 2.45) is 7.05 Å². The van der Waals surface area contributed by atoms with Crippen LogP contribution in [0, 0.1) is 0 Å². The van der Waals surface area contributed by atoms with Crippen LogP contribution in [0.25, 0.3) is 0 Å². The number of rotatable bonds is 1. The van der Waals surface area contributed by atoms with Gasteiger partial charge in [0.15, 0.2) is 5.78 Å². The molecule has 60 valence electrons. The monoisotopic (exact) mass is 218 g/mol. The van der Waals surface area contributed by atoms with Gasteiger partial charge in [-0.1, -0.05) is 0 Å². The number of aromatic amines is 1. The Bertz CT molecular complexity index is 350. The number of hydrogen-bond donors (Lipinski definition) is 1. The maximum atomic E-state index is 11.0. The second-order valence-corrected chi connectivity index (χ2v) is 2.97. The van der Waals surface area contributed by atoms with Gasteiger partial charge in [-0.3, -0.25) is 19.4 Å². The van der Waals surface area contributed by atoms with Crippen molar-refractivity contribution in [3.05, 3.63) is 20.5 Å². The molecule has 0 spiro atoms. The van der Waals surface area contributed by atoms with Crippen molar-refractivity contribution in [2.45, 2.75) is 6.92 Å². The number of ketones is 1. The van der Waals surface area contributed by atoms with Gasteiger partial charge in [0, 0.05) is 7.05 Å². The van der Waals surface area contributed by atoms with Crippen molar-refractivity contribution in [3.8, 4) is 0 Å². The minimum atomic E-state index is -0.355. The Labute approximate surface area is 71.3 Å². The Hall–Kier alpha value is -0.840. The molecule has 0 radical (unpaired) electrons. The van der Waals surface area contributed by atoms with E-state index in [1.807, 2.05) is 0 Å². The molecular formula is C6H7BrN2O2. The molecule has 5 heteroatoms. The molecule has 0 bridgehead atoms. The van der Waals surface area contributed by atoms with Gasteiger partial charge in [0.2, 0.25) is 0 Å². The number of carbonyl (C=O) groups is 1. The van der Waals surface area contributed by atoms with E-state index in [-0.39, 0.29) is 16.9 Å².